The molecule has 3 rings (SSSR count). The van der Waals surface area contributed by atoms with Crippen LogP contribution in [0.4, 0.5) is 5.82 Å². The molecular formula is C20H26N4O. The summed E-state index contributed by atoms with van der Waals surface area (Å²) in [6.07, 6.45) is 11.6. The molecule has 2 N–H and O–H groups in total. The molecule has 132 valence electrons. The number of hydrogen-bond acceptors (Lipinski definition) is 4. The Balaban J connectivity index is 1.46. The zero-order chi connectivity index (χ0) is 17.3. The fourth-order valence-corrected chi connectivity index (χ4v) is 3.21. The molecule has 5 heteroatoms. The molecule has 0 aliphatic heterocycles. The van der Waals surface area contributed by atoms with Crippen molar-refractivity contribution in [1.82, 2.24) is 15.3 Å². The second-order valence-electron chi connectivity index (χ2n) is 6.61. The smallest absolute Gasteiger partial charge is 0.271 e. The number of aromatic nitrogens is 2. The summed E-state index contributed by atoms with van der Waals surface area (Å²) in [6.45, 7) is 0.590. The van der Waals surface area contributed by atoms with E-state index >= 15 is 0 Å². The highest BCUT2D eigenvalue weighted by molar-refractivity contribution is 5.91. The van der Waals surface area contributed by atoms with Gasteiger partial charge in [0.25, 0.3) is 5.91 Å². The minimum absolute atomic E-state index is 0.176. The van der Waals surface area contributed by atoms with Crippen LogP contribution >= 0.6 is 0 Å². The van der Waals surface area contributed by atoms with Crippen LogP contribution in [0.5, 0.6) is 0 Å². The average Bonchev–Trinajstić information content (AvgIpc) is 2.92. The van der Waals surface area contributed by atoms with Gasteiger partial charge in [0.15, 0.2) is 0 Å². The van der Waals surface area contributed by atoms with E-state index in [1.54, 1.807) is 12.4 Å². The van der Waals surface area contributed by atoms with Crippen LogP contribution in [0.15, 0.2) is 42.7 Å². The van der Waals surface area contributed by atoms with Gasteiger partial charge in [0, 0.05) is 12.6 Å². The fourth-order valence-electron chi connectivity index (χ4n) is 3.21. The van der Waals surface area contributed by atoms with Crippen molar-refractivity contribution in [2.24, 2.45) is 0 Å². The van der Waals surface area contributed by atoms with Gasteiger partial charge in [-0.3, -0.25) is 4.79 Å². The largest absolute Gasteiger partial charge is 0.366 e. The van der Waals surface area contributed by atoms with Crippen LogP contribution in [-0.2, 0) is 6.42 Å². The second-order valence-corrected chi connectivity index (χ2v) is 6.61. The van der Waals surface area contributed by atoms with Crippen molar-refractivity contribution in [3.8, 4) is 0 Å². The van der Waals surface area contributed by atoms with E-state index < -0.39 is 0 Å². The number of nitrogens with zero attached hydrogens (tertiary/aromatic N) is 2. The predicted octanol–water partition coefficient (Wildman–Crippen LogP) is 3.58. The molecule has 0 saturated heterocycles. The maximum absolute atomic E-state index is 12.1. The minimum atomic E-state index is -0.176. The zero-order valence-electron chi connectivity index (χ0n) is 14.6. The van der Waals surface area contributed by atoms with Gasteiger partial charge in [0.2, 0.25) is 0 Å². The van der Waals surface area contributed by atoms with E-state index in [1.807, 2.05) is 18.2 Å². The molecule has 0 atom stereocenters. The molecule has 0 spiro atoms. The van der Waals surface area contributed by atoms with Crippen LogP contribution in [0.25, 0.3) is 0 Å². The Morgan fingerprint density at radius 2 is 1.76 bits per heavy atom. The van der Waals surface area contributed by atoms with Crippen molar-refractivity contribution in [3.05, 3.63) is 54.0 Å². The van der Waals surface area contributed by atoms with E-state index in [0.29, 0.717) is 18.3 Å². The Morgan fingerprint density at radius 1 is 1.00 bits per heavy atom. The molecule has 1 aromatic heterocycles. The molecule has 1 heterocycles. The summed E-state index contributed by atoms with van der Waals surface area (Å²) in [7, 11) is 0. The Kier molecular flexibility index (Phi) is 6.37. The third kappa shape index (κ3) is 5.55. The lowest BCUT2D eigenvalue weighted by Crippen LogP contribution is -2.27. The van der Waals surface area contributed by atoms with Crippen LogP contribution < -0.4 is 10.6 Å². The molecular weight excluding hydrogens is 312 g/mol. The monoisotopic (exact) mass is 338 g/mol. The summed E-state index contributed by atoms with van der Waals surface area (Å²) in [5.41, 5.74) is 1.57. The first kappa shape index (κ1) is 17.4. The SMILES string of the molecule is O=C(NCCc1ccccc1)c1cnc(NC2CCCCCC2)cn1. The molecule has 0 unspecified atom stereocenters. The highest BCUT2D eigenvalue weighted by atomic mass is 16.1. The highest BCUT2D eigenvalue weighted by Gasteiger charge is 2.13. The standard InChI is InChI=1S/C20H26N4O/c25-20(21-13-12-16-8-4-3-5-9-16)18-14-23-19(15-22-18)24-17-10-6-1-2-7-11-17/h3-5,8-9,14-15,17H,1-2,6-7,10-13H2,(H,21,25)(H,23,24). The summed E-state index contributed by atoms with van der Waals surface area (Å²) >= 11 is 0. The maximum Gasteiger partial charge on any atom is 0.271 e. The van der Waals surface area contributed by atoms with Crippen molar-refractivity contribution in [3.63, 3.8) is 0 Å². The van der Waals surface area contributed by atoms with Gasteiger partial charge in [-0.2, -0.15) is 0 Å². The molecule has 1 saturated carbocycles. The average molecular weight is 338 g/mol. The van der Waals surface area contributed by atoms with Crippen LogP contribution in [0, 0.1) is 0 Å². The number of carbonyl (C=O) groups is 1. The quantitative estimate of drug-likeness (QED) is 0.790. The van der Waals surface area contributed by atoms with E-state index in [-0.39, 0.29) is 5.91 Å². The predicted molar refractivity (Wildman–Crippen MR) is 99.6 cm³/mol. The van der Waals surface area contributed by atoms with Gasteiger partial charge in [-0.15, -0.1) is 0 Å². The number of amides is 1. The highest BCUT2D eigenvalue weighted by Crippen LogP contribution is 2.20. The van der Waals surface area contributed by atoms with Gasteiger partial charge in [-0.05, 0) is 24.8 Å². The third-order valence-corrected chi connectivity index (χ3v) is 4.63. The second kappa shape index (κ2) is 9.16. The van der Waals surface area contributed by atoms with Crippen LogP contribution in [-0.4, -0.2) is 28.5 Å². The Labute approximate surface area is 149 Å². The number of hydrogen-bond donors (Lipinski definition) is 2. The van der Waals surface area contributed by atoms with Gasteiger partial charge in [0.1, 0.15) is 11.5 Å². The Hall–Kier alpha value is -2.43. The number of benzene rings is 1. The molecule has 25 heavy (non-hydrogen) atoms. The molecule has 0 radical (unpaired) electrons. The van der Waals surface area contributed by atoms with E-state index in [0.717, 1.165) is 12.2 Å². The normalized spacial score (nSPS) is 15.4. The maximum atomic E-state index is 12.1. The van der Waals surface area contributed by atoms with E-state index in [1.165, 1.54) is 44.1 Å². The summed E-state index contributed by atoms with van der Waals surface area (Å²) in [6, 6.07) is 10.6. The molecule has 1 fully saturated rings. The van der Waals surface area contributed by atoms with E-state index in [9.17, 15) is 4.79 Å². The number of anilines is 1. The Morgan fingerprint density at radius 3 is 2.44 bits per heavy atom. The molecule has 1 aliphatic rings. The van der Waals surface area contributed by atoms with Crippen molar-refractivity contribution in [2.45, 2.75) is 51.0 Å². The molecule has 2 aromatic rings. The van der Waals surface area contributed by atoms with Gasteiger partial charge >= 0.3 is 0 Å². The molecule has 5 nitrogen and oxygen atoms in total. The number of nitrogens with one attached hydrogen (secondary N) is 2. The van der Waals surface area contributed by atoms with Crippen LogP contribution in [0.1, 0.15) is 54.6 Å². The van der Waals surface area contributed by atoms with E-state index in [4.69, 9.17) is 0 Å². The van der Waals surface area contributed by atoms with Crippen LogP contribution in [0.3, 0.4) is 0 Å². The summed E-state index contributed by atoms with van der Waals surface area (Å²) in [5, 5.41) is 6.34. The number of carbonyl (C=O) groups excluding carboxylic acids is 1. The van der Waals surface area contributed by atoms with Crippen molar-refractivity contribution < 1.29 is 4.79 Å². The van der Waals surface area contributed by atoms with Gasteiger partial charge in [-0.25, -0.2) is 9.97 Å². The van der Waals surface area contributed by atoms with Gasteiger partial charge in [0.05, 0.1) is 12.4 Å². The summed E-state index contributed by atoms with van der Waals surface area (Å²) < 4.78 is 0. The lowest BCUT2D eigenvalue weighted by molar-refractivity contribution is 0.0949. The van der Waals surface area contributed by atoms with Crippen molar-refractivity contribution in [1.29, 1.82) is 0 Å². The van der Waals surface area contributed by atoms with Crippen molar-refractivity contribution >= 4 is 11.7 Å². The molecule has 1 amide bonds. The number of rotatable bonds is 6. The van der Waals surface area contributed by atoms with E-state index in [2.05, 4.69) is 32.7 Å². The zero-order valence-corrected chi connectivity index (χ0v) is 14.6. The molecule has 0 bridgehead atoms. The fraction of sp³-hybridized carbons (Fsp3) is 0.450. The first-order chi connectivity index (χ1) is 12.3. The van der Waals surface area contributed by atoms with Crippen LogP contribution in [0.2, 0.25) is 0 Å². The summed E-state index contributed by atoms with van der Waals surface area (Å²) in [5.74, 6) is 0.581. The Bertz CT molecular complexity index is 649. The minimum Gasteiger partial charge on any atom is -0.366 e. The molecule has 1 aliphatic carbocycles. The lowest BCUT2D eigenvalue weighted by Gasteiger charge is -2.16. The van der Waals surface area contributed by atoms with Gasteiger partial charge < -0.3 is 10.6 Å². The third-order valence-electron chi connectivity index (χ3n) is 4.63. The first-order valence-corrected chi connectivity index (χ1v) is 9.22. The molecule has 1 aromatic carbocycles. The van der Waals surface area contributed by atoms with Crippen molar-refractivity contribution in [2.75, 3.05) is 11.9 Å². The van der Waals surface area contributed by atoms with Gasteiger partial charge in [-0.1, -0.05) is 56.0 Å². The lowest BCUT2D eigenvalue weighted by atomic mass is 10.1. The first-order valence-electron chi connectivity index (χ1n) is 9.22. The topological polar surface area (TPSA) is 66.9 Å². The summed E-state index contributed by atoms with van der Waals surface area (Å²) in [4.78, 5) is 20.8.